The average molecular weight is 270 g/mol. The third kappa shape index (κ3) is 6.87. The molecule has 0 aliphatic heterocycles. The van der Waals surface area contributed by atoms with Crippen LogP contribution in [0.15, 0.2) is 24.3 Å². The number of aryl methyl sites for hydroxylation is 1. The van der Waals surface area contributed by atoms with Gasteiger partial charge in [-0.2, -0.15) is 0 Å². The van der Waals surface area contributed by atoms with Crippen molar-refractivity contribution in [3.8, 4) is 0 Å². The van der Waals surface area contributed by atoms with Gasteiger partial charge in [0.1, 0.15) is 0 Å². The lowest BCUT2D eigenvalue weighted by Gasteiger charge is -2.10. The van der Waals surface area contributed by atoms with Crippen molar-refractivity contribution in [1.82, 2.24) is 0 Å². The van der Waals surface area contributed by atoms with Gasteiger partial charge in [0.25, 0.3) is 0 Å². The standard InChI is InChI=1S/C15H24ClNO/c1-13(2)12-18-10-9-17-15-7-3-5-14(11-15)6-4-8-16/h3,5,7,11,13,17H,4,6,8-10,12H2,1-2H3. The molecule has 0 aliphatic carbocycles. The van der Waals surface area contributed by atoms with E-state index in [9.17, 15) is 0 Å². The SMILES string of the molecule is CC(C)COCCNc1cccc(CCCCl)c1. The number of hydrogen-bond acceptors (Lipinski definition) is 2. The van der Waals surface area contributed by atoms with Crippen LogP contribution in [-0.4, -0.2) is 25.6 Å². The molecule has 18 heavy (non-hydrogen) atoms. The molecule has 0 atom stereocenters. The van der Waals surface area contributed by atoms with Gasteiger partial charge in [0.05, 0.1) is 6.61 Å². The second-order valence-corrected chi connectivity index (χ2v) is 5.27. The molecule has 0 aliphatic rings. The predicted octanol–water partition coefficient (Wildman–Crippen LogP) is 3.94. The number of benzene rings is 1. The molecule has 0 bridgehead atoms. The summed E-state index contributed by atoms with van der Waals surface area (Å²) in [5.74, 6) is 1.32. The van der Waals surface area contributed by atoms with Gasteiger partial charge in [-0.05, 0) is 36.5 Å². The van der Waals surface area contributed by atoms with Crippen molar-refractivity contribution in [3.05, 3.63) is 29.8 Å². The molecule has 0 spiro atoms. The molecule has 1 aromatic rings. The van der Waals surface area contributed by atoms with Crippen LogP contribution in [-0.2, 0) is 11.2 Å². The smallest absolute Gasteiger partial charge is 0.0639 e. The van der Waals surface area contributed by atoms with Crippen LogP contribution in [0.4, 0.5) is 5.69 Å². The Morgan fingerprint density at radius 2 is 2.17 bits per heavy atom. The Morgan fingerprint density at radius 3 is 2.89 bits per heavy atom. The molecule has 0 heterocycles. The maximum absolute atomic E-state index is 5.70. The summed E-state index contributed by atoms with van der Waals surface area (Å²) in [6.45, 7) is 6.76. The minimum absolute atomic E-state index is 0.601. The van der Waals surface area contributed by atoms with Gasteiger partial charge in [-0.25, -0.2) is 0 Å². The summed E-state index contributed by atoms with van der Waals surface area (Å²) in [5.41, 5.74) is 2.50. The van der Waals surface area contributed by atoms with Crippen molar-refractivity contribution < 1.29 is 4.74 Å². The molecule has 1 rings (SSSR count). The van der Waals surface area contributed by atoms with Gasteiger partial charge in [0.15, 0.2) is 0 Å². The normalized spacial score (nSPS) is 10.9. The van der Waals surface area contributed by atoms with Crippen molar-refractivity contribution in [2.75, 3.05) is 31.0 Å². The van der Waals surface area contributed by atoms with Crippen LogP contribution in [0.25, 0.3) is 0 Å². The number of hydrogen-bond donors (Lipinski definition) is 1. The quantitative estimate of drug-likeness (QED) is 0.542. The summed E-state index contributed by atoms with van der Waals surface area (Å²) in [4.78, 5) is 0. The van der Waals surface area contributed by atoms with E-state index in [0.717, 1.165) is 44.2 Å². The highest BCUT2D eigenvalue weighted by Crippen LogP contribution is 2.12. The highest BCUT2D eigenvalue weighted by atomic mass is 35.5. The van der Waals surface area contributed by atoms with Gasteiger partial charge < -0.3 is 10.1 Å². The zero-order chi connectivity index (χ0) is 13.2. The van der Waals surface area contributed by atoms with E-state index in [1.165, 1.54) is 5.56 Å². The van der Waals surface area contributed by atoms with E-state index in [0.29, 0.717) is 5.92 Å². The van der Waals surface area contributed by atoms with Crippen LogP contribution in [0, 0.1) is 5.92 Å². The second kappa shape index (κ2) is 9.23. The zero-order valence-corrected chi connectivity index (χ0v) is 12.2. The molecular formula is C15H24ClNO. The minimum atomic E-state index is 0.601. The lowest BCUT2D eigenvalue weighted by atomic mass is 10.1. The lowest BCUT2D eigenvalue weighted by molar-refractivity contribution is 0.118. The van der Waals surface area contributed by atoms with E-state index in [4.69, 9.17) is 16.3 Å². The number of rotatable bonds is 9. The van der Waals surface area contributed by atoms with Gasteiger partial charge in [-0.15, -0.1) is 11.6 Å². The van der Waals surface area contributed by atoms with E-state index < -0.39 is 0 Å². The predicted molar refractivity (Wildman–Crippen MR) is 79.6 cm³/mol. The van der Waals surface area contributed by atoms with E-state index in [1.807, 2.05) is 0 Å². The van der Waals surface area contributed by atoms with Gasteiger partial charge in [0, 0.05) is 24.7 Å². The first-order valence-corrected chi connectivity index (χ1v) is 7.22. The van der Waals surface area contributed by atoms with Crippen LogP contribution < -0.4 is 5.32 Å². The van der Waals surface area contributed by atoms with Crippen molar-refractivity contribution in [2.24, 2.45) is 5.92 Å². The van der Waals surface area contributed by atoms with Crippen LogP contribution in [0.2, 0.25) is 0 Å². The van der Waals surface area contributed by atoms with Crippen molar-refractivity contribution in [2.45, 2.75) is 26.7 Å². The van der Waals surface area contributed by atoms with Crippen molar-refractivity contribution in [1.29, 1.82) is 0 Å². The van der Waals surface area contributed by atoms with Gasteiger partial charge >= 0.3 is 0 Å². The molecule has 0 unspecified atom stereocenters. The number of halogens is 1. The number of alkyl halides is 1. The maximum Gasteiger partial charge on any atom is 0.0639 e. The summed E-state index contributed by atoms with van der Waals surface area (Å²) in [6, 6.07) is 8.51. The summed E-state index contributed by atoms with van der Waals surface area (Å²) in [6.07, 6.45) is 2.07. The first kappa shape index (κ1) is 15.3. The molecule has 0 saturated heterocycles. The van der Waals surface area contributed by atoms with Crippen LogP contribution >= 0.6 is 11.6 Å². The zero-order valence-electron chi connectivity index (χ0n) is 11.4. The van der Waals surface area contributed by atoms with E-state index >= 15 is 0 Å². The fourth-order valence-electron chi connectivity index (χ4n) is 1.69. The molecule has 2 nitrogen and oxygen atoms in total. The Bertz CT molecular complexity index is 328. The fourth-order valence-corrected chi connectivity index (χ4v) is 1.83. The van der Waals surface area contributed by atoms with Gasteiger partial charge in [-0.1, -0.05) is 26.0 Å². The summed E-state index contributed by atoms with van der Waals surface area (Å²) < 4.78 is 5.53. The molecule has 0 amide bonds. The number of anilines is 1. The van der Waals surface area contributed by atoms with E-state index in [2.05, 4.69) is 43.4 Å². The number of nitrogens with one attached hydrogen (secondary N) is 1. The maximum atomic E-state index is 5.70. The molecule has 0 radical (unpaired) electrons. The fraction of sp³-hybridized carbons (Fsp3) is 0.600. The molecule has 1 aromatic carbocycles. The largest absolute Gasteiger partial charge is 0.383 e. The molecule has 102 valence electrons. The summed E-state index contributed by atoms with van der Waals surface area (Å²) >= 11 is 5.70. The third-order valence-electron chi connectivity index (χ3n) is 2.55. The summed E-state index contributed by atoms with van der Waals surface area (Å²) in [5, 5.41) is 3.38. The summed E-state index contributed by atoms with van der Waals surface area (Å²) in [7, 11) is 0. The monoisotopic (exact) mass is 269 g/mol. The highest BCUT2D eigenvalue weighted by Gasteiger charge is 1.97. The molecule has 1 N–H and O–H groups in total. The van der Waals surface area contributed by atoms with E-state index in [1.54, 1.807) is 0 Å². The average Bonchev–Trinajstić information content (AvgIpc) is 2.36. The van der Waals surface area contributed by atoms with Crippen molar-refractivity contribution >= 4 is 17.3 Å². The molecule has 0 aromatic heterocycles. The molecule has 3 heteroatoms. The Morgan fingerprint density at radius 1 is 1.33 bits per heavy atom. The van der Waals surface area contributed by atoms with Crippen LogP contribution in [0.3, 0.4) is 0 Å². The Kier molecular flexibility index (Phi) is 7.86. The van der Waals surface area contributed by atoms with Crippen LogP contribution in [0.5, 0.6) is 0 Å². The first-order valence-electron chi connectivity index (χ1n) is 6.69. The second-order valence-electron chi connectivity index (χ2n) is 4.89. The highest BCUT2D eigenvalue weighted by molar-refractivity contribution is 6.17. The third-order valence-corrected chi connectivity index (χ3v) is 2.82. The topological polar surface area (TPSA) is 21.3 Å². The Labute approximate surface area is 116 Å². The van der Waals surface area contributed by atoms with E-state index in [-0.39, 0.29) is 0 Å². The molecule has 0 saturated carbocycles. The first-order chi connectivity index (χ1) is 8.72. The minimum Gasteiger partial charge on any atom is -0.383 e. The van der Waals surface area contributed by atoms with Crippen LogP contribution in [0.1, 0.15) is 25.8 Å². The van der Waals surface area contributed by atoms with Crippen molar-refractivity contribution in [3.63, 3.8) is 0 Å². The Hall–Kier alpha value is -0.730. The molecular weight excluding hydrogens is 246 g/mol. The Balaban J connectivity index is 2.24. The number of ether oxygens (including phenoxy) is 1. The van der Waals surface area contributed by atoms with Gasteiger partial charge in [0.2, 0.25) is 0 Å². The van der Waals surface area contributed by atoms with Gasteiger partial charge in [-0.3, -0.25) is 0 Å². The molecule has 0 fully saturated rings. The lowest BCUT2D eigenvalue weighted by Crippen LogP contribution is -2.12.